The standard InChI is InChI=1S/C24H30F2N4O3/c1-2-13-27-22(31)16-30-14-11-18(12-15-30)29-23(32)20-5-3-4-6-21(20)28-17-7-9-19(10-8-17)33-24(25)26/h3-10,18,24,28H,2,11-16H2,1H3,(H,27,31)(H,29,32). The third-order valence-corrected chi connectivity index (χ3v) is 5.39. The summed E-state index contributed by atoms with van der Waals surface area (Å²) in [5.74, 6) is -0.0844. The molecule has 33 heavy (non-hydrogen) atoms. The van der Waals surface area contributed by atoms with Crippen molar-refractivity contribution in [3.05, 3.63) is 54.1 Å². The van der Waals surface area contributed by atoms with Gasteiger partial charge < -0.3 is 20.7 Å². The average molecular weight is 461 g/mol. The molecule has 0 radical (unpaired) electrons. The first kappa shape index (κ1) is 24.4. The lowest BCUT2D eigenvalue weighted by Crippen LogP contribution is -2.47. The van der Waals surface area contributed by atoms with Crippen molar-refractivity contribution < 1.29 is 23.1 Å². The van der Waals surface area contributed by atoms with Crippen LogP contribution in [0.1, 0.15) is 36.5 Å². The Labute approximate surface area is 192 Å². The number of likely N-dealkylation sites (tertiary alicyclic amines) is 1. The molecule has 178 valence electrons. The predicted octanol–water partition coefficient (Wildman–Crippen LogP) is 3.75. The molecule has 7 nitrogen and oxygen atoms in total. The van der Waals surface area contributed by atoms with Crippen molar-refractivity contribution in [3.8, 4) is 5.75 Å². The lowest BCUT2D eigenvalue weighted by atomic mass is 10.0. The number of amides is 2. The van der Waals surface area contributed by atoms with E-state index in [1.54, 1.807) is 30.3 Å². The number of para-hydroxylation sites is 1. The zero-order chi connectivity index (χ0) is 23.6. The van der Waals surface area contributed by atoms with Crippen LogP contribution in [0.5, 0.6) is 5.75 Å². The number of carbonyl (C=O) groups is 2. The van der Waals surface area contributed by atoms with E-state index < -0.39 is 6.61 Å². The van der Waals surface area contributed by atoms with Crippen molar-refractivity contribution >= 4 is 23.2 Å². The molecule has 1 fully saturated rings. The van der Waals surface area contributed by atoms with Crippen LogP contribution in [-0.4, -0.2) is 55.5 Å². The summed E-state index contributed by atoms with van der Waals surface area (Å²) in [5.41, 5.74) is 1.75. The molecule has 2 amide bonds. The monoisotopic (exact) mass is 460 g/mol. The van der Waals surface area contributed by atoms with Gasteiger partial charge in [0.15, 0.2) is 0 Å². The molecule has 1 aliphatic heterocycles. The molecule has 9 heteroatoms. The minimum atomic E-state index is -2.88. The van der Waals surface area contributed by atoms with E-state index in [0.717, 1.165) is 32.4 Å². The van der Waals surface area contributed by atoms with Crippen molar-refractivity contribution in [2.75, 3.05) is 31.5 Å². The molecular weight excluding hydrogens is 430 g/mol. The van der Waals surface area contributed by atoms with Crippen LogP contribution >= 0.6 is 0 Å². The van der Waals surface area contributed by atoms with Crippen molar-refractivity contribution in [1.29, 1.82) is 0 Å². The molecule has 1 aliphatic rings. The van der Waals surface area contributed by atoms with E-state index in [2.05, 4.69) is 25.6 Å². The number of hydrogen-bond donors (Lipinski definition) is 3. The van der Waals surface area contributed by atoms with Crippen LogP contribution in [0.4, 0.5) is 20.2 Å². The Hall–Kier alpha value is -3.20. The zero-order valence-corrected chi connectivity index (χ0v) is 18.7. The van der Waals surface area contributed by atoms with Crippen LogP contribution in [0.3, 0.4) is 0 Å². The minimum absolute atomic E-state index is 0.0336. The van der Waals surface area contributed by atoms with Gasteiger partial charge in [0.05, 0.1) is 17.8 Å². The molecule has 2 aromatic rings. The Kier molecular flexibility index (Phi) is 9.00. The molecule has 3 rings (SSSR count). The van der Waals surface area contributed by atoms with Gasteiger partial charge in [-0.2, -0.15) is 8.78 Å². The molecule has 2 aromatic carbocycles. The zero-order valence-electron chi connectivity index (χ0n) is 18.7. The van der Waals surface area contributed by atoms with E-state index in [0.29, 0.717) is 30.0 Å². The fraction of sp³-hybridized carbons (Fsp3) is 0.417. The second kappa shape index (κ2) is 12.2. The van der Waals surface area contributed by atoms with Crippen LogP contribution in [0.2, 0.25) is 0 Å². The summed E-state index contributed by atoms with van der Waals surface area (Å²) in [4.78, 5) is 26.9. The molecule has 0 aromatic heterocycles. The number of nitrogens with one attached hydrogen (secondary N) is 3. The highest BCUT2D eigenvalue weighted by Gasteiger charge is 2.23. The van der Waals surface area contributed by atoms with Gasteiger partial charge >= 0.3 is 6.61 Å². The maximum absolute atomic E-state index is 12.9. The third kappa shape index (κ3) is 7.71. The van der Waals surface area contributed by atoms with Gasteiger partial charge in [-0.05, 0) is 55.7 Å². The van der Waals surface area contributed by atoms with Gasteiger partial charge in [-0.25, -0.2) is 0 Å². The van der Waals surface area contributed by atoms with Crippen molar-refractivity contribution in [2.45, 2.75) is 38.8 Å². The lowest BCUT2D eigenvalue weighted by Gasteiger charge is -2.32. The number of hydrogen-bond acceptors (Lipinski definition) is 5. The summed E-state index contributed by atoms with van der Waals surface area (Å²) >= 11 is 0. The fourth-order valence-corrected chi connectivity index (χ4v) is 3.69. The summed E-state index contributed by atoms with van der Waals surface area (Å²) in [7, 11) is 0. The molecule has 0 bridgehead atoms. The van der Waals surface area contributed by atoms with Crippen LogP contribution in [0, 0.1) is 0 Å². The van der Waals surface area contributed by atoms with Gasteiger partial charge in [0.1, 0.15) is 5.75 Å². The van der Waals surface area contributed by atoms with Crippen LogP contribution < -0.4 is 20.7 Å². The topological polar surface area (TPSA) is 82.7 Å². The van der Waals surface area contributed by atoms with Gasteiger partial charge in [-0.3, -0.25) is 14.5 Å². The smallest absolute Gasteiger partial charge is 0.387 e. The third-order valence-electron chi connectivity index (χ3n) is 5.39. The van der Waals surface area contributed by atoms with E-state index in [-0.39, 0.29) is 23.6 Å². The van der Waals surface area contributed by atoms with E-state index in [1.807, 2.05) is 13.0 Å². The fourth-order valence-electron chi connectivity index (χ4n) is 3.69. The number of alkyl halides is 2. The van der Waals surface area contributed by atoms with Crippen LogP contribution in [0.25, 0.3) is 0 Å². The van der Waals surface area contributed by atoms with Crippen LogP contribution in [0.15, 0.2) is 48.5 Å². The first-order valence-corrected chi connectivity index (χ1v) is 11.2. The number of anilines is 2. The highest BCUT2D eigenvalue weighted by atomic mass is 19.3. The highest BCUT2D eigenvalue weighted by Crippen LogP contribution is 2.24. The maximum atomic E-state index is 12.9. The SMILES string of the molecule is CCCNC(=O)CN1CCC(NC(=O)c2ccccc2Nc2ccc(OC(F)F)cc2)CC1. The van der Waals surface area contributed by atoms with Gasteiger partial charge in [0, 0.05) is 31.4 Å². The first-order chi connectivity index (χ1) is 15.9. The number of rotatable bonds is 10. The molecule has 0 spiro atoms. The summed E-state index contributed by atoms with van der Waals surface area (Å²) in [5, 5.41) is 9.14. The predicted molar refractivity (Wildman–Crippen MR) is 123 cm³/mol. The van der Waals surface area contributed by atoms with Crippen LogP contribution in [-0.2, 0) is 4.79 Å². The number of carbonyl (C=O) groups excluding carboxylic acids is 2. The summed E-state index contributed by atoms with van der Waals surface area (Å²) in [6, 6.07) is 13.3. The molecular formula is C24H30F2N4O3. The van der Waals surface area contributed by atoms with E-state index in [1.165, 1.54) is 12.1 Å². The maximum Gasteiger partial charge on any atom is 0.387 e. The van der Waals surface area contributed by atoms with Crippen molar-refractivity contribution in [3.63, 3.8) is 0 Å². The first-order valence-electron chi connectivity index (χ1n) is 11.2. The minimum Gasteiger partial charge on any atom is -0.435 e. The Balaban J connectivity index is 1.53. The van der Waals surface area contributed by atoms with Crippen molar-refractivity contribution in [1.82, 2.24) is 15.5 Å². The van der Waals surface area contributed by atoms with Crippen molar-refractivity contribution in [2.24, 2.45) is 0 Å². The summed E-state index contributed by atoms with van der Waals surface area (Å²) < 4.78 is 29.0. The Bertz CT molecular complexity index is 916. The molecule has 0 unspecified atom stereocenters. The van der Waals surface area contributed by atoms with Gasteiger partial charge in [0.25, 0.3) is 5.91 Å². The van der Waals surface area contributed by atoms with Gasteiger partial charge in [0.2, 0.25) is 5.91 Å². The number of halogens is 2. The van der Waals surface area contributed by atoms with E-state index in [9.17, 15) is 18.4 Å². The summed E-state index contributed by atoms with van der Waals surface area (Å²) in [6.07, 6.45) is 2.45. The second-order valence-corrected chi connectivity index (χ2v) is 7.95. The number of ether oxygens (including phenoxy) is 1. The quantitative estimate of drug-likeness (QED) is 0.503. The Morgan fingerprint density at radius 1 is 1.09 bits per heavy atom. The lowest BCUT2D eigenvalue weighted by molar-refractivity contribution is -0.122. The number of nitrogens with zero attached hydrogens (tertiary/aromatic N) is 1. The average Bonchev–Trinajstić information content (AvgIpc) is 2.80. The molecule has 1 saturated heterocycles. The van der Waals surface area contributed by atoms with Gasteiger partial charge in [-0.15, -0.1) is 0 Å². The summed E-state index contributed by atoms with van der Waals surface area (Å²) in [6.45, 7) is 1.71. The highest BCUT2D eigenvalue weighted by molar-refractivity contribution is 6.00. The molecule has 0 saturated carbocycles. The number of benzene rings is 2. The second-order valence-electron chi connectivity index (χ2n) is 7.95. The molecule has 3 N–H and O–H groups in total. The number of piperidine rings is 1. The van der Waals surface area contributed by atoms with E-state index in [4.69, 9.17) is 0 Å². The normalized spacial score (nSPS) is 14.7. The Morgan fingerprint density at radius 2 is 1.79 bits per heavy atom. The molecule has 0 aliphatic carbocycles. The van der Waals surface area contributed by atoms with E-state index >= 15 is 0 Å². The van der Waals surface area contributed by atoms with Gasteiger partial charge in [-0.1, -0.05) is 19.1 Å². The molecule has 0 atom stereocenters. The largest absolute Gasteiger partial charge is 0.435 e. The molecule has 1 heterocycles. The Morgan fingerprint density at radius 3 is 2.45 bits per heavy atom.